The van der Waals surface area contributed by atoms with Crippen LogP contribution in [0.1, 0.15) is 56.6 Å². The normalized spacial score (nSPS) is 19.6. The van der Waals surface area contributed by atoms with E-state index in [4.69, 9.17) is 18.9 Å². The third-order valence-corrected chi connectivity index (χ3v) is 6.73. The predicted molar refractivity (Wildman–Crippen MR) is 136 cm³/mol. The fourth-order valence-electron chi connectivity index (χ4n) is 5.07. The van der Waals surface area contributed by atoms with Gasteiger partial charge in [0, 0.05) is 35.0 Å². The summed E-state index contributed by atoms with van der Waals surface area (Å²) in [7, 11) is 4.78. The Labute approximate surface area is 212 Å². The predicted octanol–water partition coefficient (Wildman–Crippen LogP) is 5.03. The average Bonchev–Trinajstić information content (AvgIpc) is 2.86. The van der Waals surface area contributed by atoms with Crippen molar-refractivity contribution < 1.29 is 28.5 Å². The van der Waals surface area contributed by atoms with E-state index in [1.807, 2.05) is 57.2 Å². The Hall–Kier alpha value is -3.74. The van der Waals surface area contributed by atoms with Crippen LogP contribution in [0.15, 0.2) is 65.0 Å². The molecule has 1 aliphatic carbocycles. The highest BCUT2D eigenvalue weighted by Crippen LogP contribution is 2.48. The second-order valence-electron chi connectivity index (χ2n) is 9.35. The number of carbonyl (C=O) groups is 2. The van der Waals surface area contributed by atoms with E-state index in [1.54, 1.807) is 27.4 Å². The first kappa shape index (κ1) is 25.4. The number of methoxy groups -OCH3 is 3. The Balaban J connectivity index is 1.82. The van der Waals surface area contributed by atoms with Gasteiger partial charge in [0.2, 0.25) is 0 Å². The van der Waals surface area contributed by atoms with Gasteiger partial charge in [-0.25, -0.2) is 4.79 Å². The third kappa shape index (κ3) is 4.83. The Morgan fingerprint density at radius 1 is 0.944 bits per heavy atom. The number of ketones is 1. The SMILES string of the molecule is COc1ccc(C2CC(=O)C3=C(C2)NC(C)=C(C(=O)OC(C)C)C3c2ccc(OC)cc2OC)cc1. The van der Waals surface area contributed by atoms with Crippen LogP contribution in [0.2, 0.25) is 0 Å². The topological polar surface area (TPSA) is 83.1 Å². The van der Waals surface area contributed by atoms with Crippen molar-refractivity contribution in [3.05, 3.63) is 76.1 Å². The Bertz CT molecular complexity index is 1220. The number of ether oxygens (including phenoxy) is 4. The first-order valence-corrected chi connectivity index (χ1v) is 12.1. The molecule has 0 amide bonds. The highest BCUT2D eigenvalue weighted by Gasteiger charge is 2.42. The summed E-state index contributed by atoms with van der Waals surface area (Å²) in [5.74, 6) is 0.892. The molecule has 4 rings (SSSR count). The highest BCUT2D eigenvalue weighted by atomic mass is 16.5. The summed E-state index contributed by atoms with van der Waals surface area (Å²) in [5, 5.41) is 3.38. The maximum Gasteiger partial charge on any atom is 0.337 e. The molecule has 0 saturated heterocycles. The summed E-state index contributed by atoms with van der Waals surface area (Å²) in [5.41, 5.74) is 4.30. The van der Waals surface area contributed by atoms with Crippen molar-refractivity contribution in [1.82, 2.24) is 5.32 Å². The van der Waals surface area contributed by atoms with Gasteiger partial charge in [0.15, 0.2) is 5.78 Å². The molecule has 1 aliphatic heterocycles. The maximum atomic E-state index is 13.8. The van der Waals surface area contributed by atoms with Crippen LogP contribution in [0.5, 0.6) is 17.2 Å². The minimum atomic E-state index is -0.613. The molecule has 36 heavy (non-hydrogen) atoms. The van der Waals surface area contributed by atoms with E-state index in [0.29, 0.717) is 41.2 Å². The highest BCUT2D eigenvalue weighted by molar-refractivity contribution is 6.04. The van der Waals surface area contributed by atoms with Crippen LogP contribution in [0.25, 0.3) is 0 Å². The van der Waals surface area contributed by atoms with E-state index in [-0.39, 0.29) is 17.8 Å². The van der Waals surface area contributed by atoms with Crippen LogP contribution in [0, 0.1) is 0 Å². The second kappa shape index (κ2) is 10.5. The lowest BCUT2D eigenvalue weighted by Gasteiger charge is -2.37. The molecule has 2 atom stereocenters. The fraction of sp³-hybridized carbons (Fsp3) is 0.379. The lowest BCUT2D eigenvalue weighted by molar-refractivity contribution is -0.143. The van der Waals surface area contributed by atoms with Crippen molar-refractivity contribution in [3.63, 3.8) is 0 Å². The summed E-state index contributed by atoms with van der Waals surface area (Å²) in [6.45, 7) is 5.47. The van der Waals surface area contributed by atoms with E-state index in [2.05, 4.69) is 5.32 Å². The van der Waals surface area contributed by atoms with Crippen molar-refractivity contribution >= 4 is 11.8 Å². The molecule has 7 heteroatoms. The van der Waals surface area contributed by atoms with Gasteiger partial charge in [0.1, 0.15) is 17.2 Å². The Morgan fingerprint density at radius 3 is 2.22 bits per heavy atom. The van der Waals surface area contributed by atoms with Gasteiger partial charge in [-0.2, -0.15) is 0 Å². The molecule has 7 nitrogen and oxygen atoms in total. The zero-order valence-electron chi connectivity index (χ0n) is 21.6. The van der Waals surface area contributed by atoms with E-state index in [9.17, 15) is 9.59 Å². The molecule has 0 aromatic heterocycles. The molecule has 2 aliphatic rings. The first-order valence-electron chi connectivity index (χ1n) is 12.1. The quantitative estimate of drug-likeness (QED) is 0.544. The van der Waals surface area contributed by atoms with E-state index < -0.39 is 11.9 Å². The van der Waals surface area contributed by atoms with Crippen LogP contribution in [-0.2, 0) is 14.3 Å². The van der Waals surface area contributed by atoms with Gasteiger partial charge in [-0.15, -0.1) is 0 Å². The number of carbonyl (C=O) groups excluding carboxylic acids is 2. The van der Waals surface area contributed by atoms with Crippen LogP contribution in [-0.4, -0.2) is 39.2 Å². The molecule has 0 radical (unpaired) electrons. The number of allylic oxidation sites excluding steroid dienone is 3. The average molecular weight is 492 g/mol. The molecule has 0 spiro atoms. The monoisotopic (exact) mass is 491 g/mol. The molecule has 1 heterocycles. The van der Waals surface area contributed by atoms with Gasteiger partial charge in [-0.05, 0) is 56.9 Å². The molecular weight excluding hydrogens is 458 g/mol. The first-order chi connectivity index (χ1) is 17.3. The third-order valence-electron chi connectivity index (χ3n) is 6.73. The lowest BCUT2D eigenvalue weighted by Crippen LogP contribution is -2.36. The van der Waals surface area contributed by atoms with Crippen LogP contribution in [0.3, 0.4) is 0 Å². The van der Waals surface area contributed by atoms with Gasteiger partial charge >= 0.3 is 5.97 Å². The molecule has 0 fully saturated rings. The number of esters is 1. The summed E-state index contributed by atoms with van der Waals surface area (Å²) < 4.78 is 22.0. The van der Waals surface area contributed by atoms with Crippen molar-refractivity contribution in [1.29, 1.82) is 0 Å². The zero-order valence-corrected chi connectivity index (χ0v) is 21.6. The number of nitrogens with one attached hydrogen (secondary N) is 1. The molecule has 2 aromatic carbocycles. The van der Waals surface area contributed by atoms with Gasteiger partial charge in [-0.3, -0.25) is 4.79 Å². The minimum Gasteiger partial charge on any atom is -0.497 e. The number of rotatable bonds is 7. The summed E-state index contributed by atoms with van der Waals surface area (Å²) in [6, 6.07) is 13.3. The number of benzene rings is 2. The molecule has 2 aromatic rings. The van der Waals surface area contributed by atoms with Gasteiger partial charge in [-0.1, -0.05) is 18.2 Å². The van der Waals surface area contributed by atoms with Gasteiger partial charge in [0.25, 0.3) is 0 Å². The smallest absolute Gasteiger partial charge is 0.337 e. The number of dihydropyridines is 1. The summed E-state index contributed by atoms with van der Waals surface area (Å²) in [6.07, 6.45) is 0.688. The molecule has 0 saturated carbocycles. The summed E-state index contributed by atoms with van der Waals surface area (Å²) in [4.78, 5) is 27.1. The van der Waals surface area contributed by atoms with Crippen molar-refractivity contribution in [3.8, 4) is 17.2 Å². The van der Waals surface area contributed by atoms with Crippen molar-refractivity contribution in [2.45, 2.75) is 51.6 Å². The fourth-order valence-corrected chi connectivity index (χ4v) is 5.07. The van der Waals surface area contributed by atoms with E-state index in [1.165, 1.54) is 0 Å². The van der Waals surface area contributed by atoms with Crippen LogP contribution in [0.4, 0.5) is 0 Å². The largest absolute Gasteiger partial charge is 0.497 e. The number of hydrogen-bond acceptors (Lipinski definition) is 7. The molecule has 0 bridgehead atoms. The number of Topliss-reactive ketones (excluding diaryl/α,β-unsaturated/α-hetero) is 1. The van der Waals surface area contributed by atoms with Gasteiger partial charge in [0.05, 0.1) is 38.9 Å². The number of hydrogen-bond donors (Lipinski definition) is 1. The molecular formula is C29H33NO6. The standard InChI is InChI=1S/C29H33NO6/c1-16(2)36-29(32)26-17(3)30-23-13-19(18-7-9-20(33-4)10-8-18)14-24(31)28(23)27(26)22-12-11-21(34-5)15-25(22)35-6/h7-12,15-16,19,27,30H,13-14H2,1-6H3. The van der Waals surface area contributed by atoms with Crippen LogP contribution < -0.4 is 19.5 Å². The second-order valence-corrected chi connectivity index (χ2v) is 9.35. The zero-order chi connectivity index (χ0) is 26.0. The summed E-state index contributed by atoms with van der Waals surface area (Å²) >= 11 is 0. The van der Waals surface area contributed by atoms with Crippen molar-refractivity contribution in [2.75, 3.05) is 21.3 Å². The Kier molecular flexibility index (Phi) is 7.38. The van der Waals surface area contributed by atoms with E-state index in [0.717, 1.165) is 22.6 Å². The molecule has 1 N–H and O–H groups in total. The van der Waals surface area contributed by atoms with Gasteiger partial charge < -0.3 is 24.3 Å². The van der Waals surface area contributed by atoms with Crippen LogP contribution >= 0.6 is 0 Å². The Morgan fingerprint density at radius 2 is 1.61 bits per heavy atom. The molecule has 2 unspecified atom stereocenters. The lowest BCUT2D eigenvalue weighted by atomic mass is 9.71. The molecule has 190 valence electrons. The minimum absolute atomic E-state index is 0.00483. The van der Waals surface area contributed by atoms with E-state index >= 15 is 0 Å². The van der Waals surface area contributed by atoms with Crippen molar-refractivity contribution in [2.24, 2.45) is 0 Å². The maximum absolute atomic E-state index is 13.8.